The summed E-state index contributed by atoms with van der Waals surface area (Å²) < 4.78 is 27.3. The van der Waals surface area contributed by atoms with E-state index in [0.29, 0.717) is 16.9 Å². The number of halogens is 3. The molecule has 0 unspecified atom stereocenters. The van der Waals surface area contributed by atoms with Crippen LogP contribution in [0.15, 0.2) is 30.3 Å². The van der Waals surface area contributed by atoms with Crippen molar-refractivity contribution in [3.05, 3.63) is 41.3 Å². The van der Waals surface area contributed by atoms with Crippen LogP contribution in [0.1, 0.15) is 12.2 Å². The monoisotopic (exact) mass is 268 g/mol. The van der Waals surface area contributed by atoms with Crippen LogP contribution in [-0.4, -0.2) is 19.7 Å². The number of alkyl halides is 2. The molecule has 2 aromatic heterocycles. The topological polar surface area (TPSA) is 46.5 Å². The van der Waals surface area contributed by atoms with Gasteiger partial charge in [-0.05, 0) is 12.1 Å². The van der Waals surface area contributed by atoms with Gasteiger partial charge >= 0.3 is 0 Å². The summed E-state index contributed by atoms with van der Waals surface area (Å²) in [7, 11) is 0. The van der Waals surface area contributed by atoms with Gasteiger partial charge in [-0.1, -0.05) is 23.7 Å². The lowest BCUT2D eigenvalue weighted by atomic mass is 10.3. The van der Waals surface area contributed by atoms with Crippen LogP contribution in [0.3, 0.4) is 0 Å². The molecule has 2 heterocycles. The second-order valence-electron chi connectivity index (χ2n) is 3.67. The molecule has 1 N–H and O–H groups in total. The zero-order valence-corrected chi connectivity index (χ0v) is 9.70. The number of aromatic nitrogens is 4. The Morgan fingerprint density at radius 3 is 2.72 bits per heavy atom. The molecule has 0 radical (unpaired) electrons. The Bertz CT molecular complexity index is 704. The SMILES string of the molecule is FC(F)c1nc2ccccc2n1-c1cc(Cl)[nH]n1. The highest BCUT2D eigenvalue weighted by Crippen LogP contribution is 2.27. The molecule has 0 aliphatic carbocycles. The van der Waals surface area contributed by atoms with Crippen LogP contribution < -0.4 is 0 Å². The van der Waals surface area contributed by atoms with Gasteiger partial charge in [-0.15, -0.1) is 0 Å². The van der Waals surface area contributed by atoms with E-state index in [-0.39, 0.29) is 11.0 Å². The molecule has 0 fully saturated rings. The number of hydrogen-bond donors (Lipinski definition) is 1. The highest BCUT2D eigenvalue weighted by molar-refractivity contribution is 6.29. The number of nitrogens with one attached hydrogen (secondary N) is 1. The molecule has 18 heavy (non-hydrogen) atoms. The van der Waals surface area contributed by atoms with Gasteiger partial charge in [0, 0.05) is 6.07 Å². The lowest BCUT2D eigenvalue weighted by Crippen LogP contribution is -2.02. The van der Waals surface area contributed by atoms with E-state index in [1.165, 1.54) is 10.6 Å². The van der Waals surface area contributed by atoms with Gasteiger partial charge < -0.3 is 0 Å². The number of rotatable bonds is 2. The minimum atomic E-state index is -2.69. The highest BCUT2D eigenvalue weighted by Gasteiger charge is 2.21. The Balaban J connectivity index is 2.34. The number of imidazole rings is 1. The Kier molecular flexibility index (Phi) is 2.52. The van der Waals surface area contributed by atoms with E-state index in [4.69, 9.17) is 11.6 Å². The summed E-state index contributed by atoms with van der Waals surface area (Å²) in [6, 6.07) is 8.35. The molecule has 0 atom stereocenters. The normalized spacial score (nSPS) is 11.6. The van der Waals surface area contributed by atoms with Gasteiger partial charge in [0.15, 0.2) is 11.6 Å². The summed E-state index contributed by atoms with van der Waals surface area (Å²) in [6.07, 6.45) is -2.69. The Morgan fingerprint density at radius 1 is 1.28 bits per heavy atom. The predicted molar refractivity (Wildman–Crippen MR) is 63.2 cm³/mol. The second-order valence-corrected chi connectivity index (χ2v) is 4.08. The van der Waals surface area contributed by atoms with Gasteiger partial charge in [-0.2, -0.15) is 5.10 Å². The van der Waals surface area contributed by atoms with Crippen molar-refractivity contribution in [2.45, 2.75) is 6.43 Å². The minimum absolute atomic E-state index is 0.281. The van der Waals surface area contributed by atoms with E-state index >= 15 is 0 Å². The van der Waals surface area contributed by atoms with Gasteiger partial charge in [0.05, 0.1) is 11.0 Å². The van der Waals surface area contributed by atoms with Gasteiger partial charge in [-0.25, -0.2) is 13.8 Å². The molecule has 7 heteroatoms. The molecule has 4 nitrogen and oxygen atoms in total. The molecule has 3 aromatic rings. The molecule has 3 rings (SSSR count). The lowest BCUT2D eigenvalue weighted by Gasteiger charge is -2.03. The Hall–Kier alpha value is -1.95. The number of fused-ring (bicyclic) bond motifs is 1. The average Bonchev–Trinajstić information content (AvgIpc) is 2.92. The molecule has 0 saturated carbocycles. The van der Waals surface area contributed by atoms with Gasteiger partial charge in [0.1, 0.15) is 5.15 Å². The second kappa shape index (κ2) is 4.06. The van der Waals surface area contributed by atoms with E-state index in [0.717, 1.165) is 0 Å². The van der Waals surface area contributed by atoms with Crippen molar-refractivity contribution < 1.29 is 8.78 Å². The summed E-state index contributed by atoms with van der Waals surface area (Å²) in [5.41, 5.74) is 1.06. The van der Waals surface area contributed by atoms with Crippen molar-refractivity contribution in [2.75, 3.05) is 0 Å². The third-order valence-corrected chi connectivity index (χ3v) is 2.74. The third kappa shape index (κ3) is 1.65. The predicted octanol–water partition coefficient (Wildman–Crippen LogP) is 3.34. The zero-order valence-electron chi connectivity index (χ0n) is 8.94. The molecular weight excluding hydrogens is 262 g/mol. The summed E-state index contributed by atoms with van der Waals surface area (Å²) in [5.74, 6) is -0.0524. The van der Waals surface area contributed by atoms with Crippen LogP contribution >= 0.6 is 11.6 Å². The van der Waals surface area contributed by atoms with Crippen LogP contribution in [0.25, 0.3) is 16.9 Å². The smallest absolute Gasteiger partial charge is 0.274 e. The molecule has 0 spiro atoms. The van der Waals surface area contributed by atoms with Gasteiger partial charge in [0.2, 0.25) is 0 Å². The summed E-state index contributed by atoms with van der Waals surface area (Å²) in [4.78, 5) is 3.91. The van der Waals surface area contributed by atoms with Crippen molar-refractivity contribution in [3.8, 4) is 5.82 Å². The maximum atomic E-state index is 13.0. The fourth-order valence-corrected chi connectivity index (χ4v) is 1.97. The standard InChI is InChI=1S/C11H7ClF2N4/c12-8-5-9(17-16-8)18-7-4-2-1-3-6(7)15-11(18)10(13)14/h1-5,10H,(H,16,17). The van der Waals surface area contributed by atoms with Crippen LogP contribution in [0.2, 0.25) is 5.15 Å². The number of aromatic amines is 1. The molecule has 0 amide bonds. The van der Waals surface area contributed by atoms with Crippen molar-refractivity contribution in [1.29, 1.82) is 0 Å². The lowest BCUT2D eigenvalue weighted by molar-refractivity contribution is 0.139. The van der Waals surface area contributed by atoms with Crippen LogP contribution in [0.5, 0.6) is 0 Å². The first kappa shape index (κ1) is 11.2. The summed E-state index contributed by atoms with van der Waals surface area (Å²) >= 11 is 5.72. The number of hydrogen-bond acceptors (Lipinski definition) is 2. The number of nitrogens with zero attached hydrogens (tertiary/aromatic N) is 3. The quantitative estimate of drug-likeness (QED) is 0.775. The first-order valence-corrected chi connectivity index (χ1v) is 5.51. The van der Waals surface area contributed by atoms with Crippen molar-refractivity contribution in [1.82, 2.24) is 19.7 Å². The first-order chi connectivity index (χ1) is 8.66. The molecule has 0 saturated heterocycles. The molecule has 1 aromatic carbocycles. The molecular formula is C11H7ClF2N4. The van der Waals surface area contributed by atoms with Gasteiger partial charge in [-0.3, -0.25) is 9.67 Å². The van der Waals surface area contributed by atoms with Crippen LogP contribution in [0.4, 0.5) is 8.78 Å². The number of benzene rings is 1. The largest absolute Gasteiger partial charge is 0.296 e. The zero-order chi connectivity index (χ0) is 12.7. The highest BCUT2D eigenvalue weighted by atomic mass is 35.5. The number of H-pyrrole nitrogens is 1. The Labute approximate surface area is 105 Å². The fourth-order valence-electron chi connectivity index (χ4n) is 1.83. The van der Waals surface area contributed by atoms with Crippen molar-refractivity contribution in [3.63, 3.8) is 0 Å². The van der Waals surface area contributed by atoms with E-state index < -0.39 is 6.43 Å². The van der Waals surface area contributed by atoms with E-state index in [1.807, 2.05) is 0 Å². The fraction of sp³-hybridized carbons (Fsp3) is 0.0909. The Morgan fingerprint density at radius 2 is 2.06 bits per heavy atom. The molecule has 0 aliphatic heterocycles. The molecule has 0 aliphatic rings. The maximum Gasteiger partial charge on any atom is 0.296 e. The van der Waals surface area contributed by atoms with Crippen molar-refractivity contribution in [2.24, 2.45) is 0 Å². The number of para-hydroxylation sites is 2. The van der Waals surface area contributed by atoms with Crippen LogP contribution in [0, 0.1) is 0 Å². The van der Waals surface area contributed by atoms with Gasteiger partial charge in [0.25, 0.3) is 6.43 Å². The summed E-state index contributed by atoms with van der Waals surface area (Å²) in [5, 5.41) is 6.67. The van der Waals surface area contributed by atoms with Crippen LogP contribution in [-0.2, 0) is 0 Å². The maximum absolute atomic E-state index is 13.0. The third-order valence-electron chi connectivity index (χ3n) is 2.54. The minimum Gasteiger partial charge on any atom is -0.274 e. The van der Waals surface area contributed by atoms with E-state index in [9.17, 15) is 8.78 Å². The van der Waals surface area contributed by atoms with Crippen molar-refractivity contribution >= 4 is 22.6 Å². The summed E-state index contributed by atoms with van der Waals surface area (Å²) in [6.45, 7) is 0. The first-order valence-electron chi connectivity index (χ1n) is 5.13. The molecule has 0 bridgehead atoms. The average molecular weight is 269 g/mol. The van der Waals surface area contributed by atoms with E-state index in [2.05, 4.69) is 15.2 Å². The van der Waals surface area contributed by atoms with E-state index in [1.54, 1.807) is 24.3 Å². The molecule has 92 valence electrons.